The van der Waals surface area contributed by atoms with Crippen molar-refractivity contribution in [2.45, 2.75) is 52.9 Å². The molecule has 15 heavy (non-hydrogen) atoms. The maximum absolute atomic E-state index is 11.4. The lowest BCUT2D eigenvalue weighted by molar-refractivity contribution is -0.119. The molecule has 1 unspecified atom stereocenters. The van der Waals surface area contributed by atoms with Crippen LogP contribution in [0.5, 0.6) is 0 Å². The fourth-order valence-corrected chi connectivity index (χ4v) is 1.34. The molecule has 1 atom stereocenters. The normalized spacial score (nSPS) is 11.9. The van der Waals surface area contributed by atoms with Crippen molar-refractivity contribution in [3.63, 3.8) is 0 Å². The zero-order valence-corrected chi connectivity index (χ0v) is 10.1. The summed E-state index contributed by atoms with van der Waals surface area (Å²) in [7, 11) is 0. The molecule has 2 nitrogen and oxygen atoms in total. The fourth-order valence-electron chi connectivity index (χ4n) is 1.34. The molecule has 0 radical (unpaired) electrons. The molecule has 0 rings (SSSR count). The number of rotatable bonds is 8. The highest BCUT2D eigenvalue weighted by Crippen LogP contribution is 2.10. The van der Waals surface area contributed by atoms with Crippen LogP contribution in [0.3, 0.4) is 0 Å². The van der Waals surface area contributed by atoms with E-state index in [0.29, 0.717) is 31.0 Å². The van der Waals surface area contributed by atoms with Gasteiger partial charge in [-0.25, -0.2) is 0 Å². The van der Waals surface area contributed by atoms with Crippen molar-refractivity contribution in [1.29, 1.82) is 0 Å². The fraction of sp³-hybridized carbons (Fsp3) is 0.692. The quantitative estimate of drug-likeness (QED) is 0.455. The molecule has 0 aromatic heterocycles. The Morgan fingerprint density at radius 1 is 1.27 bits per heavy atom. The summed E-state index contributed by atoms with van der Waals surface area (Å²) in [5.41, 5.74) is 1.26. The van der Waals surface area contributed by atoms with Gasteiger partial charge in [0.15, 0.2) is 0 Å². The van der Waals surface area contributed by atoms with E-state index in [4.69, 9.17) is 0 Å². The number of carbonyl (C=O) groups excluding carboxylic acids is 2. The Labute approximate surface area is 92.8 Å². The number of aldehydes is 1. The molecule has 0 saturated heterocycles. The molecule has 0 aromatic carbocycles. The van der Waals surface area contributed by atoms with Gasteiger partial charge in [0.25, 0.3) is 0 Å². The van der Waals surface area contributed by atoms with Crippen LogP contribution >= 0.6 is 0 Å². The second-order valence-corrected chi connectivity index (χ2v) is 4.41. The van der Waals surface area contributed by atoms with Gasteiger partial charge in [0.2, 0.25) is 0 Å². The number of carbonyl (C=O) groups is 2. The topological polar surface area (TPSA) is 34.1 Å². The van der Waals surface area contributed by atoms with Crippen LogP contribution in [0.2, 0.25) is 0 Å². The van der Waals surface area contributed by atoms with Crippen molar-refractivity contribution >= 4 is 12.1 Å². The smallest absolute Gasteiger partial charge is 0.133 e. The molecule has 0 aliphatic rings. The van der Waals surface area contributed by atoms with E-state index in [-0.39, 0.29) is 0 Å². The van der Waals surface area contributed by atoms with Gasteiger partial charge in [-0.2, -0.15) is 0 Å². The van der Waals surface area contributed by atoms with Crippen molar-refractivity contribution in [2.75, 3.05) is 0 Å². The minimum Gasteiger partial charge on any atom is -0.303 e. The molecular weight excluding hydrogens is 188 g/mol. The average molecular weight is 210 g/mol. The average Bonchev–Trinajstić information content (AvgIpc) is 2.14. The Morgan fingerprint density at radius 2 is 1.93 bits per heavy atom. The summed E-state index contributed by atoms with van der Waals surface area (Å²) in [6.07, 6.45) is 6.53. The molecule has 0 aliphatic carbocycles. The molecular formula is C13H22O2. The second-order valence-electron chi connectivity index (χ2n) is 4.41. The zero-order valence-electron chi connectivity index (χ0n) is 10.1. The van der Waals surface area contributed by atoms with Crippen molar-refractivity contribution in [3.8, 4) is 0 Å². The number of hydrogen-bond acceptors (Lipinski definition) is 2. The summed E-state index contributed by atoms with van der Waals surface area (Å²) >= 11 is 0. The highest BCUT2D eigenvalue weighted by molar-refractivity contribution is 5.78. The van der Waals surface area contributed by atoms with Gasteiger partial charge in [0.1, 0.15) is 12.1 Å². The molecule has 0 spiro atoms. The highest BCUT2D eigenvalue weighted by Gasteiger charge is 2.05. The van der Waals surface area contributed by atoms with Gasteiger partial charge in [-0.1, -0.05) is 18.6 Å². The molecule has 86 valence electrons. The minimum absolute atomic E-state index is 0.310. The van der Waals surface area contributed by atoms with Crippen LogP contribution in [0.25, 0.3) is 0 Å². The third-order valence-electron chi connectivity index (χ3n) is 2.39. The molecule has 0 aromatic rings. The van der Waals surface area contributed by atoms with Crippen LogP contribution in [0, 0.1) is 5.92 Å². The molecule has 0 saturated carbocycles. The van der Waals surface area contributed by atoms with Gasteiger partial charge in [-0.05, 0) is 32.6 Å². The van der Waals surface area contributed by atoms with Gasteiger partial charge in [-0.15, -0.1) is 0 Å². The predicted octanol–water partition coefficient (Wildman–Crippen LogP) is 3.31. The standard InChI is InChI=1S/C13H22O2/c1-11(2)5-4-6-13(15)8-7-12(3)9-10-14/h5,10,12H,4,6-9H2,1-3H3. The summed E-state index contributed by atoms with van der Waals surface area (Å²) in [6, 6.07) is 0. The first-order chi connectivity index (χ1) is 7.06. The zero-order chi connectivity index (χ0) is 11.7. The highest BCUT2D eigenvalue weighted by atomic mass is 16.1. The van der Waals surface area contributed by atoms with Crippen molar-refractivity contribution in [3.05, 3.63) is 11.6 Å². The first-order valence-electron chi connectivity index (χ1n) is 5.65. The Kier molecular flexibility index (Phi) is 7.88. The van der Waals surface area contributed by atoms with Crippen LogP contribution in [0.15, 0.2) is 11.6 Å². The maximum Gasteiger partial charge on any atom is 0.133 e. The van der Waals surface area contributed by atoms with Crippen LogP contribution in [-0.4, -0.2) is 12.1 Å². The lowest BCUT2D eigenvalue weighted by Crippen LogP contribution is -2.02. The Morgan fingerprint density at radius 3 is 2.47 bits per heavy atom. The molecule has 0 fully saturated rings. The van der Waals surface area contributed by atoms with Crippen molar-refractivity contribution in [2.24, 2.45) is 5.92 Å². The van der Waals surface area contributed by atoms with Crippen molar-refractivity contribution in [1.82, 2.24) is 0 Å². The third kappa shape index (κ3) is 9.39. The van der Waals surface area contributed by atoms with Crippen LogP contribution < -0.4 is 0 Å². The number of ketones is 1. The SMILES string of the molecule is CC(C)=CCCC(=O)CCC(C)CC=O. The van der Waals surface area contributed by atoms with E-state index in [1.807, 2.05) is 20.8 Å². The number of Topliss-reactive ketones (excluding diaryl/α,β-unsaturated/α-hetero) is 1. The largest absolute Gasteiger partial charge is 0.303 e. The van der Waals surface area contributed by atoms with E-state index in [1.54, 1.807) is 0 Å². The van der Waals surface area contributed by atoms with Gasteiger partial charge < -0.3 is 4.79 Å². The summed E-state index contributed by atoms with van der Waals surface area (Å²) in [5.74, 6) is 0.653. The third-order valence-corrected chi connectivity index (χ3v) is 2.39. The van der Waals surface area contributed by atoms with Gasteiger partial charge >= 0.3 is 0 Å². The molecule has 0 N–H and O–H groups in total. The molecule has 2 heteroatoms. The van der Waals surface area contributed by atoms with E-state index < -0.39 is 0 Å². The van der Waals surface area contributed by atoms with E-state index in [2.05, 4.69) is 6.08 Å². The van der Waals surface area contributed by atoms with Gasteiger partial charge in [0.05, 0.1) is 0 Å². The lowest BCUT2D eigenvalue weighted by Gasteiger charge is -2.05. The van der Waals surface area contributed by atoms with Crippen molar-refractivity contribution < 1.29 is 9.59 Å². The van der Waals surface area contributed by atoms with E-state index in [0.717, 1.165) is 19.1 Å². The van der Waals surface area contributed by atoms with E-state index in [1.165, 1.54) is 5.57 Å². The summed E-state index contributed by atoms with van der Waals surface area (Å²) in [5, 5.41) is 0. The van der Waals surface area contributed by atoms with E-state index >= 15 is 0 Å². The second kappa shape index (κ2) is 8.39. The lowest BCUT2D eigenvalue weighted by atomic mass is 9.99. The number of hydrogen-bond donors (Lipinski definition) is 0. The molecule has 0 aliphatic heterocycles. The van der Waals surface area contributed by atoms with Crippen LogP contribution in [0.1, 0.15) is 52.9 Å². The van der Waals surface area contributed by atoms with Gasteiger partial charge in [-0.3, -0.25) is 4.79 Å². The molecule has 0 amide bonds. The summed E-state index contributed by atoms with van der Waals surface area (Å²) in [6.45, 7) is 6.09. The Balaban J connectivity index is 3.57. The summed E-state index contributed by atoms with van der Waals surface area (Å²) < 4.78 is 0. The van der Waals surface area contributed by atoms with Crippen LogP contribution in [0.4, 0.5) is 0 Å². The minimum atomic E-state index is 0.310. The first-order valence-corrected chi connectivity index (χ1v) is 5.65. The molecule has 0 bridgehead atoms. The van der Waals surface area contributed by atoms with E-state index in [9.17, 15) is 9.59 Å². The summed E-state index contributed by atoms with van der Waals surface area (Å²) in [4.78, 5) is 21.6. The maximum atomic E-state index is 11.4. The Bertz CT molecular complexity index is 225. The van der Waals surface area contributed by atoms with Gasteiger partial charge in [0, 0.05) is 19.3 Å². The number of allylic oxidation sites excluding steroid dienone is 2. The monoisotopic (exact) mass is 210 g/mol. The first kappa shape index (κ1) is 14.1. The Hall–Kier alpha value is -0.920. The molecule has 0 heterocycles. The predicted molar refractivity (Wildman–Crippen MR) is 62.8 cm³/mol. The van der Waals surface area contributed by atoms with Crippen LogP contribution in [-0.2, 0) is 9.59 Å².